The van der Waals surface area contributed by atoms with E-state index in [1.54, 1.807) is 77.7 Å². The van der Waals surface area contributed by atoms with Crippen molar-refractivity contribution in [1.29, 1.82) is 0 Å². The van der Waals surface area contributed by atoms with Crippen molar-refractivity contribution >= 4 is 70.7 Å². The summed E-state index contributed by atoms with van der Waals surface area (Å²) in [5.41, 5.74) is 3.25. The third-order valence-electron chi connectivity index (χ3n) is 15.6. The molecule has 3 fully saturated rings. The van der Waals surface area contributed by atoms with Crippen LogP contribution in [0, 0.1) is 53.3 Å². The van der Waals surface area contributed by atoms with Crippen molar-refractivity contribution in [2.75, 3.05) is 16.0 Å². The number of nitrogens with one attached hydrogen (secondary N) is 3. The first kappa shape index (κ1) is 51.2. The van der Waals surface area contributed by atoms with Crippen molar-refractivity contribution in [2.24, 2.45) is 83.2 Å². The summed E-state index contributed by atoms with van der Waals surface area (Å²) in [6.07, 6.45) is 8.88. The third-order valence-corrected chi connectivity index (χ3v) is 15.6. The highest BCUT2D eigenvalue weighted by molar-refractivity contribution is 6.32. The first-order valence-electron chi connectivity index (χ1n) is 26.6. The van der Waals surface area contributed by atoms with Crippen LogP contribution >= 0.6 is 0 Å². The molecule has 73 heavy (non-hydrogen) atoms. The van der Waals surface area contributed by atoms with Crippen LogP contribution in [0.25, 0.3) is 0 Å². The number of guanidine groups is 6. The van der Waals surface area contributed by atoms with E-state index in [-0.39, 0.29) is 72.0 Å². The second kappa shape index (κ2) is 22.2. The van der Waals surface area contributed by atoms with E-state index in [1.165, 1.54) is 0 Å². The lowest BCUT2D eigenvalue weighted by atomic mass is 9.75. The van der Waals surface area contributed by atoms with Crippen LogP contribution in [0.2, 0.25) is 0 Å². The van der Waals surface area contributed by atoms with Crippen LogP contribution in [0.3, 0.4) is 0 Å². The number of hydrogen-bond donors (Lipinski definition) is 3. The average Bonchev–Trinajstić information content (AvgIpc) is 3.34. The molecule has 9 rings (SSSR count). The molecule has 3 aliphatic carbocycles. The molecule has 0 saturated heterocycles. The minimum atomic E-state index is -0.339. The van der Waals surface area contributed by atoms with Crippen molar-refractivity contribution in [1.82, 2.24) is 4.90 Å². The topological polar surface area (TPSA) is 192 Å². The normalized spacial score (nSPS) is 26.8. The SMILES string of the molecule is CC(C)[C@@H]1CC[C@@H](C)C[C@H]1OC(=O)c1ccc(NC2=NC3=NC(Nc4ccc(C(=O)O[C@@H]5C[C@H](C)CC[C@H]5C(C)C)cc4)=NC4=NC(Nc5ccc(C(=O)O[C@@H]6C[C@H](C)CC[C@H]6C(C)C)cc5)=NC(=N2)N34)cc1. The number of ether oxygens (including phenoxy) is 3. The van der Waals surface area contributed by atoms with Crippen LogP contribution in [-0.2, 0) is 14.2 Å². The Morgan fingerprint density at radius 2 is 0.685 bits per heavy atom. The highest BCUT2D eigenvalue weighted by atomic mass is 16.6. The van der Waals surface area contributed by atoms with E-state index < -0.39 is 0 Å². The first-order valence-corrected chi connectivity index (χ1v) is 26.6. The molecular weight excluding hydrogens is 921 g/mol. The Morgan fingerprint density at radius 3 is 0.932 bits per heavy atom. The zero-order chi connectivity index (χ0) is 51.5. The van der Waals surface area contributed by atoms with Crippen molar-refractivity contribution in [3.63, 3.8) is 0 Å². The van der Waals surface area contributed by atoms with Gasteiger partial charge in [-0.15, -0.1) is 0 Å². The molecule has 0 unspecified atom stereocenters. The van der Waals surface area contributed by atoms with Gasteiger partial charge in [-0.3, -0.25) is 0 Å². The fourth-order valence-corrected chi connectivity index (χ4v) is 11.3. The van der Waals surface area contributed by atoms with Crippen LogP contribution in [0.4, 0.5) is 17.1 Å². The Kier molecular flexibility index (Phi) is 15.6. The van der Waals surface area contributed by atoms with Crippen LogP contribution in [0.1, 0.15) is 151 Å². The lowest BCUT2D eigenvalue weighted by Gasteiger charge is -2.36. The van der Waals surface area contributed by atoms with Gasteiger partial charge in [0.15, 0.2) is 0 Å². The van der Waals surface area contributed by atoms with E-state index in [1.807, 2.05) is 0 Å². The second-order valence-electron chi connectivity index (χ2n) is 22.3. The molecule has 3 aromatic carbocycles. The van der Waals surface area contributed by atoms with Crippen molar-refractivity contribution < 1.29 is 28.6 Å². The predicted molar refractivity (Wildman–Crippen MR) is 288 cm³/mol. The maximum atomic E-state index is 13.4. The minimum Gasteiger partial charge on any atom is -0.458 e. The Bertz CT molecular complexity index is 2410. The molecule has 3 aromatic rings. The quantitative estimate of drug-likeness (QED) is 0.116. The monoisotopic (exact) mass is 993 g/mol. The van der Waals surface area contributed by atoms with Crippen LogP contribution in [0.15, 0.2) is 103 Å². The standard InChI is InChI=1S/C57H72N10O6/c1-31(2)43-25-10-34(7)28-46(43)71-49(68)37-13-19-40(20-14-37)58-52-61-55-63-53(59-41-21-15-38(16-22-41)50(69)72-47-29-35(8)11-26-44(47)32(3)4)65-57-66-54(64-56(62-52)67(55)57)60-42-23-17-39(18-24-42)51(70)73-48-30-36(9)12-27-45(48)33(5)6/h13-24,31-36,43-48H,10-12,25-30H2,1-9H3,(H3,58,59,60,61,62,63,64,65,66)/t34-,35-,36-,43+,44+,45+,46-,47-,48-/m1/s1. The van der Waals surface area contributed by atoms with Gasteiger partial charge in [-0.2, -0.15) is 30.0 Å². The van der Waals surface area contributed by atoms with Gasteiger partial charge in [0.25, 0.3) is 0 Å². The molecule has 0 amide bonds. The highest BCUT2D eigenvalue weighted by Crippen LogP contribution is 2.38. The summed E-state index contributed by atoms with van der Waals surface area (Å²) in [6.45, 7) is 19.8. The number of anilines is 3. The van der Waals surface area contributed by atoms with Crippen molar-refractivity contribution in [3.05, 3.63) is 89.5 Å². The molecule has 0 aromatic heterocycles. The summed E-state index contributed by atoms with van der Waals surface area (Å²) in [5, 5.41) is 9.78. The average molecular weight is 993 g/mol. The number of esters is 3. The Hall–Kier alpha value is -6.71. The summed E-state index contributed by atoms with van der Waals surface area (Å²) < 4.78 is 18.4. The molecule has 0 bridgehead atoms. The van der Waals surface area contributed by atoms with Gasteiger partial charge in [0, 0.05) is 17.1 Å². The molecule has 16 heteroatoms. The molecule has 3 aliphatic heterocycles. The van der Waals surface area contributed by atoms with E-state index >= 15 is 0 Å². The fraction of sp³-hybridized carbons (Fsp3) is 0.526. The lowest BCUT2D eigenvalue weighted by Crippen LogP contribution is -2.49. The van der Waals surface area contributed by atoms with Gasteiger partial charge in [0.2, 0.25) is 35.8 Å². The summed E-state index contributed by atoms with van der Waals surface area (Å²) in [7, 11) is 0. The number of carbonyl (C=O) groups excluding carboxylic acids is 3. The van der Waals surface area contributed by atoms with Gasteiger partial charge in [-0.25, -0.2) is 19.3 Å². The van der Waals surface area contributed by atoms with Crippen LogP contribution in [-0.4, -0.2) is 76.9 Å². The highest BCUT2D eigenvalue weighted by Gasteiger charge is 2.38. The molecule has 0 spiro atoms. The zero-order valence-electron chi connectivity index (χ0n) is 43.8. The molecule has 3 N–H and O–H groups in total. The van der Waals surface area contributed by atoms with Gasteiger partial charge in [-0.05, 0) is 165 Å². The lowest BCUT2D eigenvalue weighted by molar-refractivity contribution is -0.0181. The summed E-state index contributed by atoms with van der Waals surface area (Å²) in [5.74, 6) is 3.96. The van der Waals surface area contributed by atoms with Crippen molar-refractivity contribution in [3.8, 4) is 0 Å². The van der Waals surface area contributed by atoms with Crippen LogP contribution in [0.5, 0.6) is 0 Å². The largest absolute Gasteiger partial charge is 0.458 e. The smallest absolute Gasteiger partial charge is 0.338 e. The Balaban J connectivity index is 0.935. The van der Waals surface area contributed by atoms with Gasteiger partial charge < -0.3 is 30.2 Å². The van der Waals surface area contributed by atoms with E-state index in [9.17, 15) is 14.4 Å². The number of benzene rings is 3. The first-order chi connectivity index (χ1) is 35.0. The molecular formula is C57H72N10O6. The molecule has 3 saturated carbocycles. The predicted octanol–water partition coefficient (Wildman–Crippen LogP) is 11.7. The summed E-state index contributed by atoms with van der Waals surface area (Å²) >= 11 is 0. The van der Waals surface area contributed by atoms with E-state index in [0.29, 0.717) is 87.0 Å². The maximum absolute atomic E-state index is 13.4. The fourth-order valence-electron chi connectivity index (χ4n) is 11.3. The number of carbonyl (C=O) groups is 3. The zero-order valence-corrected chi connectivity index (χ0v) is 43.8. The van der Waals surface area contributed by atoms with E-state index in [4.69, 9.17) is 44.2 Å². The van der Waals surface area contributed by atoms with Crippen molar-refractivity contribution in [2.45, 2.75) is 138 Å². The molecule has 3 heterocycles. The molecule has 0 radical (unpaired) electrons. The molecule has 16 nitrogen and oxygen atoms in total. The molecule has 386 valence electrons. The van der Waals surface area contributed by atoms with E-state index in [2.05, 4.69) is 78.3 Å². The molecule has 6 aliphatic rings. The third kappa shape index (κ3) is 12.2. The number of nitrogens with zero attached hydrogens (tertiary/aromatic N) is 7. The van der Waals surface area contributed by atoms with Gasteiger partial charge >= 0.3 is 17.9 Å². The number of hydrogen-bond acceptors (Lipinski definition) is 16. The van der Waals surface area contributed by atoms with Gasteiger partial charge in [0.05, 0.1) is 16.7 Å². The van der Waals surface area contributed by atoms with E-state index in [0.717, 1.165) is 57.8 Å². The van der Waals surface area contributed by atoms with Gasteiger partial charge in [0.1, 0.15) is 18.3 Å². The summed E-state index contributed by atoms with van der Waals surface area (Å²) in [4.78, 5) is 70.3. The number of aliphatic imine (C=N–C) groups is 6. The maximum Gasteiger partial charge on any atom is 0.338 e. The molecule has 9 atom stereocenters. The van der Waals surface area contributed by atoms with Crippen LogP contribution < -0.4 is 16.0 Å². The second-order valence-corrected chi connectivity index (χ2v) is 22.3. The Labute approximate surface area is 429 Å². The minimum absolute atomic E-state index is 0.111. The Morgan fingerprint density at radius 1 is 0.425 bits per heavy atom. The summed E-state index contributed by atoms with van der Waals surface area (Å²) in [6, 6.07) is 21.1. The van der Waals surface area contributed by atoms with Gasteiger partial charge in [-0.1, -0.05) is 81.6 Å². The number of rotatable bonds is 12.